The van der Waals surface area contributed by atoms with Crippen LogP contribution in [0.3, 0.4) is 0 Å². The number of carbonyl (C=O) groups excluding carboxylic acids is 1. The molecule has 1 fully saturated rings. The van der Waals surface area contributed by atoms with Gasteiger partial charge in [-0.2, -0.15) is 0 Å². The molecule has 2 aliphatic heterocycles. The molecule has 1 aromatic heterocycles. The molecule has 6 heteroatoms. The summed E-state index contributed by atoms with van der Waals surface area (Å²) < 4.78 is 17.5. The average molecular weight is 421 g/mol. The molecule has 3 aromatic rings. The van der Waals surface area contributed by atoms with Crippen LogP contribution in [-0.4, -0.2) is 37.1 Å². The van der Waals surface area contributed by atoms with E-state index in [2.05, 4.69) is 22.3 Å². The van der Waals surface area contributed by atoms with Gasteiger partial charge in [0.2, 0.25) is 5.91 Å². The summed E-state index contributed by atoms with van der Waals surface area (Å²) in [5.74, 6) is 2.40. The van der Waals surface area contributed by atoms with E-state index >= 15 is 0 Å². The van der Waals surface area contributed by atoms with Gasteiger partial charge < -0.3 is 19.2 Å². The Morgan fingerprint density at radius 3 is 2.81 bits per heavy atom. The first-order valence-electron chi connectivity index (χ1n) is 11.1. The molecule has 3 heterocycles. The van der Waals surface area contributed by atoms with Gasteiger partial charge in [0.25, 0.3) is 0 Å². The average Bonchev–Trinajstić information content (AvgIpc) is 3.34. The summed E-state index contributed by atoms with van der Waals surface area (Å²) >= 11 is 0. The molecule has 0 radical (unpaired) electrons. The van der Waals surface area contributed by atoms with Gasteiger partial charge in [0.1, 0.15) is 11.3 Å². The maximum absolute atomic E-state index is 12.8. The number of furan rings is 1. The molecule has 0 spiro atoms. The third kappa shape index (κ3) is 4.26. The first kappa shape index (κ1) is 19.9. The molecule has 2 atom stereocenters. The summed E-state index contributed by atoms with van der Waals surface area (Å²) in [4.78, 5) is 15.1. The quantitative estimate of drug-likeness (QED) is 0.653. The number of ether oxygens (including phenoxy) is 2. The maximum atomic E-state index is 12.8. The molecule has 1 N–H and O–H groups in total. The van der Waals surface area contributed by atoms with Crippen molar-refractivity contribution < 1.29 is 18.7 Å². The fraction of sp³-hybridized carbons (Fsp3) is 0.400. The second-order valence-corrected chi connectivity index (χ2v) is 8.36. The smallest absolute Gasteiger partial charge is 0.234 e. The predicted octanol–water partition coefficient (Wildman–Crippen LogP) is 4.61. The number of likely N-dealkylation sites (tertiary alicyclic amines) is 1. The minimum atomic E-state index is -0.181. The molecular formula is C25H28N2O4. The van der Waals surface area contributed by atoms with Crippen LogP contribution in [0, 0.1) is 0 Å². The zero-order chi connectivity index (χ0) is 21.2. The highest BCUT2D eigenvalue weighted by molar-refractivity contribution is 5.80. The number of carbonyl (C=O) groups is 1. The SMILES string of the molecule is C[C@H](NC(=O)CN1CCC[C@@H]1c1ccc2c(c1)OCCCO2)c1cc2ccccc2o1. The number of benzene rings is 2. The molecule has 0 aliphatic carbocycles. The summed E-state index contributed by atoms with van der Waals surface area (Å²) in [7, 11) is 0. The lowest BCUT2D eigenvalue weighted by atomic mass is 10.0. The number of para-hydroxylation sites is 1. The second-order valence-electron chi connectivity index (χ2n) is 8.36. The van der Waals surface area contributed by atoms with E-state index in [-0.39, 0.29) is 18.0 Å². The van der Waals surface area contributed by atoms with E-state index in [1.54, 1.807) is 0 Å². The van der Waals surface area contributed by atoms with Crippen molar-refractivity contribution in [2.75, 3.05) is 26.3 Å². The van der Waals surface area contributed by atoms with Gasteiger partial charge in [0.05, 0.1) is 25.8 Å². The number of nitrogens with one attached hydrogen (secondary N) is 1. The lowest BCUT2D eigenvalue weighted by Crippen LogP contribution is -2.38. The van der Waals surface area contributed by atoms with Crippen LogP contribution in [0.15, 0.2) is 52.9 Å². The zero-order valence-corrected chi connectivity index (χ0v) is 17.8. The number of fused-ring (bicyclic) bond motifs is 2. The Balaban J connectivity index is 1.24. The first-order chi connectivity index (χ1) is 15.2. The van der Waals surface area contributed by atoms with Crippen molar-refractivity contribution >= 4 is 16.9 Å². The van der Waals surface area contributed by atoms with Crippen molar-refractivity contribution in [2.24, 2.45) is 0 Å². The number of hydrogen-bond acceptors (Lipinski definition) is 5. The van der Waals surface area contributed by atoms with Crippen LogP contribution >= 0.6 is 0 Å². The highest BCUT2D eigenvalue weighted by atomic mass is 16.5. The van der Waals surface area contributed by atoms with Crippen molar-refractivity contribution in [3.63, 3.8) is 0 Å². The van der Waals surface area contributed by atoms with Crippen molar-refractivity contribution in [1.82, 2.24) is 10.2 Å². The molecule has 0 unspecified atom stereocenters. The minimum Gasteiger partial charge on any atom is -0.490 e. The normalized spacial score (nSPS) is 19.8. The maximum Gasteiger partial charge on any atom is 0.234 e. The Morgan fingerprint density at radius 1 is 1.10 bits per heavy atom. The van der Waals surface area contributed by atoms with Crippen molar-refractivity contribution in [2.45, 2.75) is 38.3 Å². The number of hydrogen-bond donors (Lipinski definition) is 1. The molecule has 31 heavy (non-hydrogen) atoms. The highest BCUT2D eigenvalue weighted by Crippen LogP contribution is 2.37. The van der Waals surface area contributed by atoms with Gasteiger partial charge in [-0.15, -0.1) is 0 Å². The zero-order valence-electron chi connectivity index (χ0n) is 17.8. The Hall–Kier alpha value is -2.99. The third-order valence-corrected chi connectivity index (χ3v) is 6.12. The molecule has 2 aromatic carbocycles. The minimum absolute atomic E-state index is 0.00852. The van der Waals surface area contributed by atoms with Crippen LogP contribution in [-0.2, 0) is 4.79 Å². The van der Waals surface area contributed by atoms with Crippen LogP contribution in [0.2, 0.25) is 0 Å². The van der Waals surface area contributed by atoms with Crippen molar-refractivity contribution in [3.8, 4) is 11.5 Å². The standard InChI is InChI=1S/C25H28N2O4/c1-17(23-15-19-6-2-3-8-21(19)31-23)26-25(28)16-27-11-4-7-20(27)18-9-10-22-24(14-18)30-13-5-12-29-22/h2-3,6,8-10,14-15,17,20H,4-5,7,11-13,16H2,1H3,(H,26,28)/t17-,20+/m0/s1. The largest absolute Gasteiger partial charge is 0.490 e. The summed E-state index contributed by atoms with van der Waals surface area (Å²) in [5.41, 5.74) is 2.02. The van der Waals surface area contributed by atoms with Crippen molar-refractivity contribution in [1.29, 1.82) is 0 Å². The van der Waals surface area contributed by atoms with Gasteiger partial charge in [-0.1, -0.05) is 24.3 Å². The van der Waals surface area contributed by atoms with E-state index in [4.69, 9.17) is 13.9 Å². The number of amides is 1. The predicted molar refractivity (Wildman–Crippen MR) is 118 cm³/mol. The van der Waals surface area contributed by atoms with Gasteiger partial charge in [-0.3, -0.25) is 9.69 Å². The second kappa shape index (κ2) is 8.63. The number of rotatable bonds is 5. The molecule has 0 saturated carbocycles. The first-order valence-corrected chi connectivity index (χ1v) is 11.1. The highest BCUT2D eigenvalue weighted by Gasteiger charge is 2.29. The fourth-order valence-electron chi connectivity index (χ4n) is 4.54. The molecule has 5 rings (SSSR count). The molecule has 1 amide bonds. The molecule has 2 aliphatic rings. The molecular weight excluding hydrogens is 392 g/mol. The van der Waals surface area contributed by atoms with E-state index in [1.165, 1.54) is 5.56 Å². The van der Waals surface area contributed by atoms with Crippen LogP contribution < -0.4 is 14.8 Å². The number of nitrogens with zero attached hydrogens (tertiary/aromatic N) is 1. The summed E-state index contributed by atoms with van der Waals surface area (Å²) in [5, 5.41) is 4.14. The third-order valence-electron chi connectivity index (χ3n) is 6.12. The van der Waals surface area contributed by atoms with Crippen LogP contribution in [0.4, 0.5) is 0 Å². The van der Waals surface area contributed by atoms with Crippen LogP contribution in [0.25, 0.3) is 11.0 Å². The Morgan fingerprint density at radius 2 is 1.94 bits per heavy atom. The summed E-state index contributed by atoms with van der Waals surface area (Å²) in [6.45, 7) is 4.59. The van der Waals surface area contributed by atoms with Gasteiger partial charge in [-0.25, -0.2) is 0 Å². The molecule has 6 nitrogen and oxygen atoms in total. The van der Waals surface area contributed by atoms with Gasteiger partial charge >= 0.3 is 0 Å². The Bertz CT molecular complexity index is 1040. The van der Waals surface area contributed by atoms with E-state index in [0.717, 1.165) is 54.0 Å². The molecule has 1 saturated heterocycles. The van der Waals surface area contributed by atoms with E-state index in [1.807, 2.05) is 43.3 Å². The van der Waals surface area contributed by atoms with E-state index in [0.29, 0.717) is 19.8 Å². The van der Waals surface area contributed by atoms with Gasteiger partial charge in [0, 0.05) is 17.8 Å². The van der Waals surface area contributed by atoms with Crippen molar-refractivity contribution in [3.05, 3.63) is 59.9 Å². The van der Waals surface area contributed by atoms with Gasteiger partial charge in [0.15, 0.2) is 11.5 Å². The Labute approximate surface area is 182 Å². The molecule has 0 bridgehead atoms. The Kier molecular flexibility index (Phi) is 5.55. The fourth-order valence-corrected chi connectivity index (χ4v) is 4.54. The van der Waals surface area contributed by atoms with Crippen LogP contribution in [0.1, 0.15) is 49.6 Å². The van der Waals surface area contributed by atoms with Crippen LogP contribution in [0.5, 0.6) is 11.5 Å². The monoisotopic (exact) mass is 420 g/mol. The van der Waals surface area contributed by atoms with E-state index < -0.39 is 0 Å². The topological polar surface area (TPSA) is 63.9 Å². The van der Waals surface area contributed by atoms with E-state index in [9.17, 15) is 4.79 Å². The lowest BCUT2D eigenvalue weighted by molar-refractivity contribution is -0.123. The lowest BCUT2D eigenvalue weighted by Gasteiger charge is -2.25. The summed E-state index contributed by atoms with van der Waals surface area (Å²) in [6.07, 6.45) is 3.00. The summed E-state index contributed by atoms with van der Waals surface area (Å²) in [6, 6.07) is 16.1. The van der Waals surface area contributed by atoms with Gasteiger partial charge in [-0.05, 0) is 56.1 Å². The molecule has 162 valence electrons.